The molecule has 0 radical (unpaired) electrons. The van der Waals surface area contributed by atoms with Crippen LogP contribution in [0.4, 0.5) is 11.3 Å². The molecular weight excluding hydrogens is 1770 g/mol. The van der Waals surface area contributed by atoms with Gasteiger partial charge in [-0.15, -0.1) is 0 Å². The van der Waals surface area contributed by atoms with Crippen LogP contribution in [0.2, 0.25) is 0 Å². The molecule has 0 N–H and O–H groups in total. The van der Waals surface area contributed by atoms with Crippen molar-refractivity contribution in [2.24, 2.45) is 0 Å². The van der Waals surface area contributed by atoms with Crippen molar-refractivity contribution in [2.45, 2.75) is 0 Å². The van der Waals surface area contributed by atoms with Gasteiger partial charge in [-0.25, -0.2) is 0 Å². The molecule has 0 saturated carbocycles. The van der Waals surface area contributed by atoms with Crippen molar-refractivity contribution in [3.05, 3.63) is 0 Å². The summed E-state index contributed by atoms with van der Waals surface area (Å²) < 4.78 is 143. The first-order valence-electron chi connectivity index (χ1n) is 2.87. The third-order valence-corrected chi connectivity index (χ3v) is 0. The van der Waals surface area contributed by atoms with E-state index < -0.39 is 80.9 Å². The zero-order valence-electron chi connectivity index (χ0n) is 11.8. The van der Waals surface area contributed by atoms with E-state index in [4.69, 9.17) is 39.2 Å². The summed E-state index contributed by atoms with van der Waals surface area (Å²) in [4.78, 5) is 0. The molecule has 0 aliphatic rings. The minimum absolute atomic E-state index is 0. The molecule has 28 heavy (non-hydrogen) atoms. The third-order valence-electron chi connectivity index (χ3n) is 0. The van der Waals surface area contributed by atoms with Gasteiger partial charge in [0.2, 0.25) is 192 Å². The van der Waals surface area contributed by atoms with Gasteiger partial charge in [-0.1, -0.05) is 0 Å². The van der Waals surface area contributed by atoms with Gasteiger partial charge in [0.1, 0.15) is 0 Å². The van der Waals surface area contributed by atoms with Gasteiger partial charge in [0.25, 0.3) is 0 Å². The summed E-state index contributed by atoms with van der Waals surface area (Å²) in [7, 11) is 0. The zero-order valence-corrected chi connectivity index (χ0v) is 42.4. The Morgan fingerprint density at radius 3 is 0.321 bits per heavy atom. The quantitative estimate of drug-likeness (QED) is 0.125. The molecule has 0 aliphatic carbocycles. The van der Waals surface area contributed by atoms with E-state index in [2.05, 4.69) is 0 Å². The standard InChI is InChI=1S/4FH.8H2I.12O.4Sb/h4*1H;8*1H2;;;;;;;;;;;;;;;;/q;;;;8*+1;;;;;8*-1;4*+1/p-4. The molecule has 0 fully saturated rings. The van der Waals surface area contributed by atoms with Gasteiger partial charge >= 0.3 is 131 Å². The van der Waals surface area contributed by atoms with E-state index in [0.29, 0.717) is 0 Å². The van der Waals surface area contributed by atoms with Crippen molar-refractivity contribution in [1.29, 1.82) is 0 Å². The Kier molecular flexibility index (Phi) is 107. The Hall–Kier alpha value is 7.71. The first-order valence-corrected chi connectivity index (χ1v) is 19.2. The third kappa shape index (κ3) is 606. The fourth-order valence-corrected chi connectivity index (χ4v) is 0. The Morgan fingerprint density at radius 2 is 0.321 bits per heavy atom. The Labute approximate surface area is 315 Å². The summed E-state index contributed by atoms with van der Waals surface area (Å²) in [6, 6.07) is 0. The molecule has 0 spiro atoms. The summed E-state index contributed by atoms with van der Waals surface area (Å²) >= 11 is -25.4. The molecule has 0 bridgehead atoms. The molecule has 28 heteroatoms. The molecule has 0 atom stereocenters. The molecule has 0 aromatic heterocycles. The molecule has 12 nitrogen and oxygen atoms in total. The van der Waals surface area contributed by atoms with Gasteiger partial charge in [0.05, 0.1) is 0 Å². The van der Waals surface area contributed by atoms with Crippen LogP contribution < -0.4 is 219 Å². The van der Waals surface area contributed by atoms with Crippen LogP contribution in [0.3, 0.4) is 0 Å². The Balaban J connectivity index is -0.0000000111. The van der Waals surface area contributed by atoms with Crippen molar-refractivity contribution in [2.75, 3.05) is 0 Å². The van der Waals surface area contributed by atoms with Crippen LogP contribution in [-0.4, -0.2) is 80.9 Å². The van der Waals surface area contributed by atoms with E-state index in [1.165, 1.54) is 0 Å². The predicted molar refractivity (Wildman–Crippen MR) is 52.5 cm³/mol. The molecule has 0 heterocycles. The minimum atomic E-state index is -6.35. The van der Waals surface area contributed by atoms with Gasteiger partial charge in [0.15, 0.2) is 0 Å². The van der Waals surface area contributed by atoms with Crippen molar-refractivity contribution >= 4 is 80.9 Å². The number of hydrogen-bond acceptors (Lipinski definition) is 12. The van der Waals surface area contributed by atoms with Gasteiger partial charge < -0.3 is 0 Å². The molecule has 0 saturated heterocycles. The van der Waals surface area contributed by atoms with Crippen LogP contribution in [0.1, 0.15) is 0 Å². The summed E-state index contributed by atoms with van der Waals surface area (Å²) in [5.74, 6) is 0. The van der Waals surface area contributed by atoms with E-state index in [0.717, 1.165) is 0 Å². The monoisotopic (exact) mass is 1780 g/mol. The van der Waals surface area contributed by atoms with Gasteiger partial charge in [-0.3, -0.25) is 0 Å². The molecule has 192 valence electrons. The molecule has 0 aromatic rings. The first-order chi connectivity index (χ1) is 8.00. The van der Waals surface area contributed by atoms with Crippen molar-refractivity contribution in [1.82, 2.24) is 0 Å². The topological polar surface area (TPSA) is 253 Å². The molecule has 0 amide bonds. The predicted octanol–water partition coefficient (Wildman–Crippen LogP) is -38.1. The molecular formula is H16F4I8O12Sb4. The molecule has 0 unspecified atom stereocenters. The van der Waals surface area contributed by atoms with Crippen LogP contribution in [0.5, 0.6) is 0 Å². The van der Waals surface area contributed by atoms with E-state index in [9.17, 15) is 11.3 Å². The van der Waals surface area contributed by atoms with Crippen LogP contribution in [0, 0.1) is 0 Å². The van der Waals surface area contributed by atoms with E-state index in [1.807, 2.05) is 0 Å². The van der Waals surface area contributed by atoms with Gasteiger partial charge in [-0.05, 0) is 0 Å². The maximum absolute atomic E-state index is 10.2. The summed E-state index contributed by atoms with van der Waals surface area (Å²) in [6.07, 6.45) is 0. The number of hydrogen-bond donors (Lipinski definition) is 0. The second-order valence-electron chi connectivity index (χ2n) is 1.72. The molecule has 0 aliphatic heterocycles. The summed E-state index contributed by atoms with van der Waals surface area (Å²) in [5.41, 5.74) is 0. The second-order valence-corrected chi connectivity index (χ2v) is 11.6. The van der Waals surface area contributed by atoms with Gasteiger partial charge in [-0.2, -0.15) is 0 Å². The van der Waals surface area contributed by atoms with Crippen LogP contribution >= 0.6 is 0 Å². The van der Waals surface area contributed by atoms with E-state index in [1.54, 1.807) is 0 Å². The fraction of sp³-hybridized carbons (Fsp3) is 0. The maximum atomic E-state index is 10.2. The average Bonchev–Trinajstić information content (AvgIpc) is 1.62. The number of rotatable bonds is 0. The SMILES string of the molecule is [IH2+].[IH2+].[IH2+].[IH2+].[IH2+].[IH2+].[IH2+].[IH2+].[O]=[Sb]([O-])([O-])[F].[O]=[Sb]([O-])([O-])[F].[O]=[Sb]([O-])([O-])[F].[O]=[Sb]([O-])([O-])[F]. The van der Waals surface area contributed by atoms with E-state index >= 15 is 0 Å². The summed E-state index contributed by atoms with van der Waals surface area (Å²) in [5, 5.41) is 0. The summed E-state index contributed by atoms with van der Waals surface area (Å²) in [6.45, 7) is 0. The average molecular weight is 1790 g/mol. The van der Waals surface area contributed by atoms with Gasteiger partial charge in [0, 0.05) is 0 Å². The van der Waals surface area contributed by atoms with Crippen molar-refractivity contribution in [3.63, 3.8) is 0 Å². The van der Waals surface area contributed by atoms with Crippen LogP contribution in [0.25, 0.3) is 0 Å². The van der Waals surface area contributed by atoms with E-state index in [-0.39, 0.29) is 192 Å². The Bertz CT molecular complexity index is 316. The van der Waals surface area contributed by atoms with Crippen LogP contribution in [-0.2, 0) is 12.1 Å². The Morgan fingerprint density at radius 1 is 0.321 bits per heavy atom. The van der Waals surface area contributed by atoms with Crippen LogP contribution in [0.15, 0.2) is 0 Å². The zero-order chi connectivity index (χ0) is 18.0. The van der Waals surface area contributed by atoms with Crippen molar-refractivity contribution < 1.29 is 242 Å². The fourth-order valence-electron chi connectivity index (χ4n) is 0. The number of halogens is 12. The molecule has 0 aromatic carbocycles. The first kappa shape index (κ1) is 76.5. The van der Waals surface area contributed by atoms with Crippen molar-refractivity contribution in [3.8, 4) is 0 Å². The second kappa shape index (κ2) is 39.2. The normalized spacial score (nSPS) is 8.43. The molecule has 0 rings (SSSR count).